The molecule has 1 aromatic carbocycles. The van der Waals surface area contributed by atoms with E-state index in [1.165, 1.54) is 11.1 Å². The van der Waals surface area contributed by atoms with E-state index in [4.69, 9.17) is 11.6 Å². The summed E-state index contributed by atoms with van der Waals surface area (Å²) in [5.74, 6) is 0. The molecular formula is C15H20Cl2N4. The number of aromatic nitrogens is 2. The van der Waals surface area contributed by atoms with E-state index in [9.17, 15) is 0 Å². The number of halogens is 2. The molecule has 1 atom stereocenters. The molecule has 2 heterocycles. The predicted molar refractivity (Wildman–Crippen MR) is 88.0 cm³/mol. The van der Waals surface area contributed by atoms with Crippen molar-refractivity contribution in [3.8, 4) is 0 Å². The van der Waals surface area contributed by atoms with E-state index in [0.29, 0.717) is 6.04 Å². The molecule has 114 valence electrons. The second-order valence-electron chi connectivity index (χ2n) is 5.27. The molecule has 0 spiro atoms. The largest absolute Gasteiger partial charge is 0.314 e. The van der Waals surface area contributed by atoms with Crippen molar-refractivity contribution in [2.45, 2.75) is 19.5 Å². The lowest BCUT2D eigenvalue weighted by Gasteiger charge is -2.36. The number of nitrogens with zero attached hydrogens (tertiary/aromatic N) is 2. The molecule has 0 aliphatic carbocycles. The second kappa shape index (κ2) is 7.27. The number of nitrogens with one attached hydrogen (secondary N) is 2. The van der Waals surface area contributed by atoms with Gasteiger partial charge in [-0.2, -0.15) is 5.10 Å². The molecule has 0 radical (unpaired) electrons. The van der Waals surface area contributed by atoms with E-state index in [1.54, 1.807) is 0 Å². The van der Waals surface area contributed by atoms with Gasteiger partial charge in [0.15, 0.2) is 0 Å². The number of rotatable bonds is 3. The molecule has 0 amide bonds. The maximum absolute atomic E-state index is 6.13. The highest BCUT2D eigenvalue weighted by atomic mass is 35.5. The Balaban J connectivity index is 0.00000161. The molecule has 0 bridgehead atoms. The van der Waals surface area contributed by atoms with Crippen molar-refractivity contribution >= 4 is 24.0 Å². The molecule has 3 rings (SSSR count). The van der Waals surface area contributed by atoms with Crippen molar-refractivity contribution in [1.29, 1.82) is 0 Å². The predicted octanol–water partition coefficient (Wildman–Crippen LogP) is 2.94. The van der Waals surface area contributed by atoms with E-state index in [2.05, 4.69) is 39.5 Å². The number of piperazine rings is 1. The highest BCUT2D eigenvalue weighted by Gasteiger charge is 2.24. The van der Waals surface area contributed by atoms with Gasteiger partial charge < -0.3 is 5.32 Å². The molecule has 1 aliphatic heterocycles. The van der Waals surface area contributed by atoms with Crippen LogP contribution in [-0.4, -0.2) is 34.7 Å². The van der Waals surface area contributed by atoms with Crippen LogP contribution in [0.2, 0.25) is 5.02 Å². The summed E-state index contributed by atoms with van der Waals surface area (Å²) in [6.45, 7) is 5.99. The first-order valence-electron chi connectivity index (χ1n) is 6.93. The van der Waals surface area contributed by atoms with E-state index < -0.39 is 0 Å². The van der Waals surface area contributed by atoms with Crippen molar-refractivity contribution in [1.82, 2.24) is 20.4 Å². The Morgan fingerprint density at radius 2 is 2.29 bits per heavy atom. The molecule has 0 saturated carbocycles. The van der Waals surface area contributed by atoms with Gasteiger partial charge >= 0.3 is 0 Å². The zero-order valence-corrected chi connectivity index (χ0v) is 13.5. The third-order valence-corrected chi connectivity index (χ3v) is 4.13. The van der Waals surface area contributed by atoms with Gasteiger partial charge in [-0.25, -0.2) is 0 Å². The number of benzene rings is 1. The van der Waals surface area contributed by atoms with Crippen molar-refractivity contribution in [3.63, 3.8) is 0 Å². The van der Waals surface area contributed by atoms with Gasteiger partial charge in [0.25, 0.3) is 0 Å². The van der Waals surface area contributed by atoms with Gasteiger partial charge in [0.2, 0.25) is 0 Å². The number of aryl methyl sites for hydroxylation is 1. The quantitative estimate of drug-likeness (QED) is 0.911. The standard InChI is InChI=1S/C15H19ClN4.ClH/c1-11-13(8-18-19-11)10-20-6-5-17-9-15(20)12-3-2-4-14(16)7-12;/h2-4,7-8,15,17H,5-6,9-10H2,1H3,(H,18,19);1H. The molecule has 1 saturated heterocycles. The van der Waals surface area contributed by atoms with Crippen LogP contribution in [0.5, 0.6) is 0 Å². The summed E-state index contributed by atoms with van der Waals surface area (Å²) in [5.41, 5.74) is 3.68. The van der Waals surface area contributed by atoms with Crippen LogP contribution in [0.3, 0.4) is 0 Å². The molecule has 1 unspecified atom stereocenters. The van der Waals surface area contributed by atoms with Crippen LogP contribution in [0.1, 0.15) is 22.9 Å². The Kier molecular flexibility index (Phi) is 5.65. The normalized spacial score (nSPS) is 19.2. The van der Waals surface area contributed by atoms with Gasteiger partial charge in [-0.3, -0.25) is 10.00 Å². The van der Waals surface area contributed by atoms with Gasteiger partial charge in [0, 0.05) is 48.5 Å². The molecule has 4 nitrogen and oxygen atoms in total. The molecule has 1 fully saturated rings. The monoisotopic (exact) mass is 326 g/mol. The maximum atomic E-state index is 6.13. The van der Waals surface area contributed by atoms with Crippen LogP contribution in [-0.2, 0) is 6.54 Å². The minimum absolute atomic E-state index is 0. The van der Waals surface area contributed by atoms with Crippen LogP contribution >= 0.6 is 24.0 Å². The lowest BCUT2D eigenvalue weighted by molar-refractivity contribution is 0.153. The Labute approximate surface area is 136 Å². The SMILES string of the molecule is Cc1[nH]ncc1CN1CCNCC1c1cccc(Cl)c1.Cl. The summed E-state index contributed by atoms with van der Waals surface area (Å²) in [5, 5.41) is 11.4. The fourth-order valence-electron chi connectivity index (χ4n) is 2.73. The first-order valence-corrected chi connectivity index (χ1v) is 7.31. The third-order valence-electron chi connectivity index (χ3n) is 3.90. The fraction of sp³-hybridized carbons (Fsp3) is 0.400. The first kappa shape index (κ1) is 16.3. The number of H-pyrrole nitrogens is 1. The molecule has 6 heteroatoms. The Morgan fingerprint density at radius 1 is 1.43 bits per heavy atom. The van der Waals surface area contributed by atoms with E-state index in [0.717, 1.165) is 36.9 Å². The topological polar surface area (TPSA) is 44.0 Å². The minimum Gasteiger partial charge on any atom is -0.314 e. The van der Waals surface area contributed by atoms with Crippen molar-refractivity contribution in [2.75, 3.05) is 19.6 Å². The fourth-order valence-corrected chi connectivity index (χ4v) is 2.93. The Hall–Kier alpha value is -1.07. The highest BCUT2D eigenvalue weighted by Crippen LogP contribution is 2.26. The Morgan fingerprint density at radius 3 is 3.00 bits per heavy atom. The van der Waals surface area contributed by atoms with Crippen molar-refractivity contribution < 1.29 is 0 Å². The molecule has 2 aromatic rings. The van der Waals surface area contributed by atoms with Crippen LogP contribution in [0.4, 0.5) is 0 Å². The lowest BCUT2D eigenvalue weighted by Crippen LogP contribution is -2.45. The number of hydrogen-bond donors (Lipinski definition) is 2. The maximum Gasteiger partial charge on any atom is 0.0535 e. The Bertz CT molecular complexity index is 585. The summed E-state index contributed by atoms with van der Waals surface area (Å²) in [6.07, 6.45) is 1.92. The average molecular weight is 327 g/mol. The summed E-state index contributed by atoms with van der Waals surface area (Å²) < 4.78 is 0. The molecular weight excluding hydrogens is 307 g/mol. The summed E-state index contributed by atoms with van der Waals surface area (Å²) in [6, 6.07) is 8.52. The second-order valence-corrected chi connectivity index (χ2v) is 5.70. The molecule has 1 aromatic heterocycles. The molecule has 2 N–H and O–H groups in total. The van der Waals surface area contributed by atoms with Gasteiger partial charge in [0.1, 0.15) is 0 Å². The van der Waals surface area contributed by atoms with Gasteiger partial charge in [-0.15, -0.1) is 12.4 Å². The van der Waals surface area contributed by atoms with Gasteiger partial charge in [0.05, 0.1) is 6.20 Å². The van der Waals surface area contributed by atoms with Gasteiger partial charge in [-0.1, -0.05) is 23.7 Å². The smallest absolute Gasteiger partial charge is 0.0535 e. The lowest BCUT2D eigenvalue weighted by atomic mass is 10.0. The van der Waals surface area contributed by atoms with E-state index >= 15 is 0 Å². The third kappa shape index (κ3) is 3.77. The molecule has 1 aliphatic rings. The first-order chi connectivity index (χ1) is 9.74. The zero-order chi connectivity index (χ0) is 13.9. The van der Waals surface area contributed by atoms with Gasteiger partial charge in [-0.05, 0) is 24.6 Å². The minimum atomic E-state index is 0. The number of aromatic amines is 1. The summed E-state index contributed by atoms with van der Waals surface area (Å²) >= 11 is 6.13. The molecule has 21 heavy (non-hydrogen) atoms. The van der Waals surface area contributed by atoms with Crippen LogP contribution < -0.4 is 5.32 Å². The van der Waals surface area contributed by atoms with Crippen LogP contribution in [0.25, 0.3) is 0 Å². The highest BCUT2D eigenvalue weighted by molar-refractivity contribution is 6.30. The van der Waals surface area contributed by atoms with E-state index in [-0.39, 0.29) is 12.4 Å². The van der Waals surface area contributed by atoms with Crippen molar-refractivity contribution in [3.05, 3.63) is 52.3 Å². The number of hydrogen-bond acceptors (Lipinski definition) is 3. The van der Waals surface area contributed by atoms with Crippen LogP contribution in [0, 0.1) is 6.92 Å². The van der Waals surface area contributed by atoms with Crippen molar-refractivity contribution in [2.24, 2.45) is 0 Å². The average Bonchev–Trinajstić information content (AvgIpc) is 2.85. The zero-order valence-electron chi connectivity index (χ0n) is 12.0. The van der Waals surface area contributed by atoms with E-state index in [1.807, 2.05) is 18.3 Å². The van der Waals surface area contributed by atoms with Crippen LogP contribution in [0.15, 0.2) is 30.5 Å². The summed E-state index contributed by atoms with van der Waals surface area (Å²) in [4.78, 5) is 2.49. The summed E-state index contributed by atoms with van der Waals surface area (Å²) in [7, 11) is 0.